The molecule has 0 N–H and O–H groups in total. The van der Waals surface area contributed by atoms with Crippen molar-refractivity contribution in [3.63, 3.8) is 0 Å². The van der Waals surface area contributed by atoms with Crippen molar-refractivity contribution in [1.29, 1.82) is 0 Å². The molecular formula is C70H78N4O. The molecule has 75 heavy (non-hydrogen) atoms. The third kappa shape index (κ3) is 9.76. The maximum atomic E-state index is 7.25. The molecule has 3 heterocycles. The standard InChI is InChI=1S/C70H78N4O/c1-65(2,3)48-27-31-60-59(40-48)58-30-29-56(44-62(58)74(60)64-42-50(33-34-71-64)69(13,14)46-23-19-17-20-24-46)75-57-39-53(70(15,16)47-25-21-18-22-26-47)38-55(43-57)72-45-73(63-41-49(66(4,5)6)28-32-61(63)72)54-36-51(67(7,8)9)35-52(37-54)68(10,11)12/h17-44H,45H2,1-16H3. The van der Waals surface area contributed by atoms with Crippen LogP contribution < -0.4 is 14.5 Å². The van der Waals surface area contributed by atoms with E-state index in [1.165, 1.54) is 67.0 Å². The second-order valence-electron chi connectivity index (χ2n) is 26.4. The molecule has 0 unspecified atom stereocenters. The van der Waals surface area contributed by atoms with Gasteiger partial charge < -0.3 is 14.5 Å². The summed E-state index contributed by atoms with van der Waals surface area (Å²) in [6, 6.07) is 60.8. The van der Waals surface area contributed by atoms with Crippen molar-refractivity contribution in [3.8, 4) is 17.3 Å². The number of rotatable bonds is 9. The predicted molar refractivity (Wildman–Crippen MR) is 319 cm³/mol. The molecule has 2 aromatic heterocycles. The topological polar surface area (TPSA) is 33.5 Å². The summed E-state index contributed by atoms with van der Waals surface area (Å²) in [5, 5.41) is 2.35. The molecule has 5 heteroatoms. The van der Waals surface area contributed by atoms with Gasteiger partial charge in [0.2, 0.25) is 0 Å². The minimum Gasteiger partial charge on any atom is -0.457 e. The Morgan fingerprint density at radius 2 is 0.893 bits per heavy atom. The van der Waals surface area contributed by atoms with E-state index in [2.05, 4.69) is 289 Å². The van der Waals surface area contributed by atoms with Gasteiger partial charge in [0.25, 0.3) is 0 Å². The van der Waals surface area contributed by atoms with E-state index in [-0.39, 0.29) is 32.5 Å². The van der Waals surface area contributed by atoms with Crippen LogP contribution in [-0.2, 0) is 32.5 Å². The first-order chi connectivity index (χ1) is 35.2. The summed E-state index contributed by atoms with van der Waals surface area (Å²) in [6.45, 7) is 37.6. The van der Waals surface area contributed by atoms with Crippen LogP contribution in [0.1, 0.15) is 155 Å². The second kappa shape index (κ2) is 18.3. The van der Waals surface area contributed by atoms with Gasteiger partial charge in [-0.15, -0.1) is 0 Å². The lowest BCUT2D eigenvalue weighted by molar-refractivity contribution is 0.480. The molecule has 7 aromatic carbocycles. The maximum absolute atomic E-state index is 7.25. The molecular weight excluding hydrogens is 913 g/mol. The summed E-state index contributed by atoms with van der Waals surface area (Å²) in [6.07, 6.45) is 1.96. The van der Waals surface area contributed by atoms with E-state index in [9.17, 15) is 0 Å². The highest BCUT2D eigenvalue weighted by Crippen LogP contribution is 2.50. The van der Waals surface area contributed by atoms with Crippen molar-refractivity contribution in [2.24, 2.45) is 0 Å². The molecule has 1 aliphatic rings. The van der Waals surface area contributed by atoms with Crippen LogP contribution in [0.3, 0.4) is 0 Å². The van der Waals surface area contributed by atoms with Crippen LogP contribution in [0.2, 0.25) is 0 Å². The van der Waals surface area contributed by atoms with Crippen molar-refractivity contribution >= 4 is 44.6 Å². The van der Waals surface area contributed by atoms with Gasteiger partial charge >= 0.3 is 0 Å². The number of pyridine rings is 1. The van der Waals surface area contributed by atoms with Crippen molar-refractivity contribution in [2.45, 2.75) is 143 Å². The summed E-state index contributed by atoms with van der Waals surface area (Å²) in [5.74, 6) is 2.42. The van der Waals surface area contributed by atoms with Crippen molar-refractivity contribution in [2.75, 3.05) is 16.5 Å². The van der Waals surface area contributed by atoms with Crippen molar-refractivity contribution in [1.82, 2.24) is 9.55 Å². The lowest BCUT2D eigenvalue weighted by atomic mass is 9.78. The van der Waals surface area contributed by atoms with Crippen LogP contribution in [0.15, 0.2) is 170 Å². The molecule has 0 amide bonds. The third-order valence-corrected chi connectivity index (χ3v) is 16.1. The molecule has 384 valence electrons. The van der Waals surface area contributed by atoms with Crippen molar-refractivity contribution in [3.05, 3.63) is 214 Å². The molecule has 0 saturated heterocycles. The summed E-state index contributed by atoms with van der Waals surface area (Å²) >= 11 is 0. The van der Waals surface area contributed by atoms with Gasteiger partial charge in [0.15, 0.2) is 0 Å². The third-order valence-electron chi connectivity index (χ3n) is 16.1. The Morgan fingerprint density at radius 1 is 0.360 bits per heavy atom. The Hall–Kier alpha value is -7.11. The van der Waals surface area contributed by atoms with Gasteiger partial charge in [0, 0.05) is 51.3 Å². The van der Waals surface area contributed by atoms with Crippen LogP contribution in [0.25, 0.3) is 27.6 Å². The quantitative estimate of drug-likeness (QED) is 0.144. The number of aromatic nitrogens is 2. The first-order valence-electron chi connectivity index (χ1n) is 27.0. The smallest absolute Gasteiger partial charge is 0.137 e. The highest BCUT2D eigenvalue weighted by Gasteiger charge is 2.34. The molecule has 1 aliphatic heterocycles. The van der Waals surface area contributed by atoms with Gasteiger partial charge in [-0.2, -0.15) is 0 Å². The fourth-order valence-electron chi connectivity index (χ4n) is 10.8. The molecule has 0 atom stereocenters. The second-order valence-corrected chi connectivity index (χ2v) is 26.4. The number of hydrogen-bond acceptors (Lipinski definition) is 4. The summed E-state index contributed by atoms with van der Waals surface area (Å²) < 4.78 is 9.58. The maximum Gasteiger partial charge on any atom is 0.137 e. The summed E-state index contributed by atoms with van der Waals surface area (Å²) in [7, 11) is 0. The van der Waals surface area contributed by atoms with E-state index in [0.29, 0.717) is 6.67 Å². The van der Waals surface area contributed by atoms with Crippen LogP contribution >= 0.6 is 0 Å². The first kappa shape index (κ1) is 51.4. The molecule has 5 nitrogen and oxygen atoms in total. The van der Waals surface area contributed by atoms with Gasteiger partial charge in [-0.3, -0.25) is 4.57 Å². The van der Waals surface area contributed by atoms with Gasteiger partial charge in [0.1, 0.15) is 24.0 Å². The van der Waals surface area contributed by atoms with Crippen LogP contribution in [0.5, 0.6) is 11.5 Å². The monoisotopic (exact) mass is 991 g/mol. The molecule has 9 aromatic rings. The predicted octanol–water partition coefficient (Wildman–Crippen LogP) is 19.1. The zero-order valence-electron chi connectivity index (χ0n) is 47.6. The summed E-state index contributed by atoms with van der Waals surface area (Å²) in [5.41, 5.74) is 16.3. The number of anilines is 4. The number of nitrogens with zero attached hydrogens (tertiary/aromatic N) is 4. The van der Waals surface area contributed by atoms with E-state index < -0.39 is 0 Å². The van der Waals surface area contributed by atoms with E-state index in [1.54, 1.807) is 0 Å². The Balaban J connectivity index is 1.14. The largest absolute Gasteiger partial charge is 0.457 e. The number of ether oxygens (including phenoxy) is 1. The summed E-state index contributed by atoms with van der Waals surface area (Å²) in [4.78, 5) is 10.1. The molecule has 0 bridgehead atoms. The zero-order chi connectivity index (χ0) is 53.6. The highest BCUT2D eigenvalue weighted by atomic mass is 16.5. The van der Waals surface area contributed by atoms with Gasteiger partial charge in [-0.05, 0) is 139 Å². The Labute approximate surface area is 448 Å². The van der Waals surface area contributed by atoms with E-state index in [1.807, 2.05) is 6.20 Å². The van der Waals surface area contributed by atoms with E-state index in [0.717, 1.165) is 39.4 Å². The molecule has 0 radical (unpaired) electrons. The molecule has 0 aliphatic carbocycles. The normalized spacial score (nSPS) is 13.8. The lowest BCUT2D eigenvalue weighted by Crippen LogP contribution is -2.26. The van der Waals surface area contributed by atoms with Crippen LogP contribution in [-0.4, -0.2) is 16.2 Å². The fraction of sp³-hybridized carbons (Fsp3) is 0.329. The van der Waals surface area contributed by atoms with E-state index in [4.69, 9.17) is 9.72 Å². The van der Waals surface area contributed by atoms with Crippen LogP contribution in [0.4, 0.5) is 22.7 Å². The number of benzene rings is 7. The number of hydrogen-bond donors (Lipinski definition) is 0. The van der Waals surface area contributed by atoms with Crippen molar-refractivity contribution < 1.29 is 4.74 Å². The van der Waals surface area contributed by atoms with Gasteiger partial charge in [0.05, 0.1) is 22.4 Å². The Kier molecular flexibility index (Phi) is 12.6. The molecule has 0 fully saturated rings. The highest BCUT2D eigenvalue weighted by molar-refractivity contribution is 6.10. The van der Waals surface area contributed by atoms with Gasteiger partial charge in [-0.1, -0.05) is 190 Å². The van der Waals surface area contributed by atoms with Gasteiger partial charge in [-0.25, -0.2) is 4.98 Å². The zero-order valence-corrected chi connectivity index (χ0v) is 47.6. The molecule has 0 saturated carbocycles. The minimum absolute atomic E-state index is 0.0205. The molecule has 0 spiro atoms. The van der Waals surface area contributed by atoms with E-state index >= 15 is 0 Å². The minimum atomic E-state index is -0.346. The Morgan fingerprint density at radius 3 is 1.49 bits per heavy atom. The number of fused-ring (bicyclic) bond motifs is 4. The van der Waals surface area contributed by atoms with Crippen LogP contribution in [0, 0.1) is 0 Å². The SMILES string of the molecule is CC(C)(C)c1cc(N2CN(c3cc(Oc4ccc5c6cc(C(C)(C)C)ccc6n(-c6cc(C(C)(C)c7ccccc7)ccn6)c5c4)cc(C(C)(C)c4ccccc4)c3)c3ccc(C(C)(C)C)cc32)cc(C(C)(C)C)c1. The average Bonchev–Trinajstić information content (AvgIpc) is 3.91. The average molecular weight is 991 g/mol. The fourth-order valence-corrected chi connectivity index (χ4v) is 10.8. The first-order valence-corrected chi connectivity index (χ1v) is 27.0. The Bertz CT molecular complexity index is 3560. The lowest BCUT2D eigenvalue weighted by Gasteiger charge is -2.30. The molecule has 10 rings (SSSR count).